The summed E-state index contributed by atoms with van der Waals surface area (Å²) < 4.78 is 0. The van der Waals surface area contributed by atoms with Gasteiger partial charge in [0, 0.05) is 11.9 Å². The number of aromatic nitrogens is 2. The number of nitrogens with one attached hydrogen (secondary N) is 1. The molecule has 5 nitrogen and oxygen atoms in total. The third-order valence-corrected chi connectivity index (χ3v) is 4.23. The lowest BCUT2D eigenvalue weighted by Gasteiger charge is -2.06. The highest BCUT2D eigenvalue weighted by Crippen LogP contribution is 2.35. The zero-order valence-electron chi connectivity index (χ0n) is 11.7. The summed E-state index contributed by atoms with van der Waals surface area (Å²) in [5.41, 5.74) is 8.71. The number of carbonyl (C=O) groups is 1. The minimum Gasteiger partial charge on any atom is -0.397 e. The molecule has 20 heavy (non-hydrogen) atoms. The van der Waals surface area contributed by atoms with Crippen LogP contribution >= 0.6 is 11.3 Å². The molecule has 3 N–H and O–H groups in total. The number of hydrogen-bond acceptors (Lipinski definition) is 5. The number of anilines is 1. The minimum absolute atomic E-state index is 0.189. The standard InChI is InChI=1S/C14H18N4OS/c1-4-7-16-13(19)12-11(15)10-8(5-2)9(6-3)17-18-14(10)20-12/h4H,1,5-7,15H2,2-3H3,(H,16,19). The maximum Gasteiger partial charge on any atom is 0.263 e. The van der Waals surface area contributed by atoms with Crippen molar-refractivity contribution in [3.63, 3.8) is 0 Å². The summed E-state index contributed by atoms with van der Waals surface area (Å²) in [6.45, 7) is 8.09. The summed E-state index contributed by atoms with van der Waals surface area (Å²) in [5, 5.41) is 12.0. The number of nitrogens with zero attached hydrogens (tertiary/aromatic N) is 2. The van der Waals surface area contributed by atoms with Gasteiger partial charge in [-0.1, -0.05) is 19.9 Å². The van der Waals surface area contributed by atoms with E-state index in [-0.39, 0.29) is 5.91 Å². The number of amides is 1. The molecule has 0 spiro atoms. The highest BCUT2D eigenvalue weighted by molar-refractivity contribution is 7.21. The molecule has 0 aromatic carbocycles. The van der Waals surface area contributed by atoms with Crippen LogP contribution in [0.4, 0.5) is 5.69 Å². The number of nitrogens with two attached hydrogens (primary N) is 1. The Balaban J connectivity index is 2.58. The second kappa shape index (κ2) is 6.00. The molecular formula is C14H18N4OS. The molecule has 0 aliphatic heterocycles. The van der Waals surface area contributed by atoms with E-state index >= 15 is 0 Å². The molecule has 2 heterocycles. The van der Waals surface area contributed by atoms with E-state index in [0.29, 0.717) is 17.1 Å². The van der Waals surface area contributed by atoms with Gasteiger partial charge in [-0.25, -0.2) is 0 Å². The Morgan fingerprint density at radius 1 is 1.40 bits per heavy atom. The van der Waals surface area contributed by atoms with E-state index in [4.69, 9.17) is 5.73 Å². The van der Waals surface area contributed by atoms with Gasteiger partial charge in [0.1, 0.15) is 9.71 Å². The lowest BCUT2D eigenvalue weighted by atomic mass is 10.1. The number of aryl methyl sites for hydroxylation is 2. The molecule has 0 saturated carbocycles. The molecule has 1 amide bonds. The molecule has 0 fully saturated rings. The summed E-state index contributed by atoms with van der Waals surface area (Å²) in [6.07, 6.45) is 3.26. The molecular weight excluding hydrogens is 272 g/mol. The maximum atomic E-state index is 12.1. The molecule has 0 radical (unpaired) electrons. The van der Waals surface area contributed by atoms with Gasteiger partial charge in [0.05, 0.1) is 11.4 Å². The van der Waals surface area contributed by atoms with Crippen molar-refractivity contribution in [2.24, 2.45) is 0 Å². The highest BCUT2D eigenvalue weighted by Gasteiger charge is 2.20. The van der Waals surface area contributed by atoms with Gasteiger partial charge in [-0.15, -0.1) is 23.0 Å². The number of fused-ring (bicyclic) bond motifs is 1. The van der Waals surface area contributed by atoms with Crippen molar-refractivity contribution >= 4 is 33.1 Å². The Morgan fingerprint density at radius 3 is 2.75 bits per heavy atom. The van der Waals surface area contributed by atoms with E-state index in [1.807, 2.05) is 6.92 Å². The summed E-state index contributed by atoms with van der Waals surface area (Å²) >= 11 is 1.29. The topological polar surface area (TPSA) is 80.9 Å². The number of hydrogen-bond donors (Lipinski definition) is 2. The summed E-state index contributed by atoms with van der Waals surface area (Å²) in [4.78, 5) is 13.3. The van der Waals surface area contributed by atoms with Crippen LogP contribution in [-0.4, -0.2) is 22.6 Å². The molecule has 6 heteroatoms. The zero-order chi connectivity index (χ0) is 14.7. The monoisotopic (exact) mass is 290 g/mol. The number of thiophene rings is 1. The molecule has 0 aliphatic carbocycles. The van der Waals surface area contributed by atoms with Gasteiger partial charge in [0.25, 0.3) is 5.91 Å². The molecule has 2 rings (SSSR count). The van der Waals surface area contributed by atoms with Gasteiger partial charge in [-0.2, -0.15) is 5.10 Å². The number of nitrogen functional groups attached to an aromatic ring is 1. The smallest absolute Gasteiger partial charge is 0.263 e. The Hall–Kier alpha value is -1.95. The van der Waals surface area contributed by atoms with Gasteiger partial charge in [0.2, 0.25) is 0 Å². The van der Waals surface area contributed by atoms with Crippen molar-refractivity contribution in [1.82, 2.24) is 15.5 Å². The summed E-state index contributed by atoms with van der Waals surface area (Å²) in [7, 11) is 0. The predicted octanol–water partition coefficient (Wildman–Crippen LogP) is 2.31. The predicted molar refractivity (Wildman–Crippen MR) is 83.1 cm³/mol. The molecule has 2 aromatic heterocycles. The van der Waals surface area contributed by atoms with Crippen LogP contribution in [0.1, 0.15) is 34.8 Å². The Morgan fingerprint density at radius 2 is 2.15 bits per heavy atom. The van der Waals surface area contributed by atoms with Crippen LogP contribution in [0.2, 0.25) is 0 Å². The van der Waals surface area contributed by atoms with Crippen LogP contribution in [0.25, 0.3) is 10.2 Å². The van der Waals surface area contributed by atoms with Crippen LogP contribution in [0.5, 0.6) is 0 Å². The lowest BCUT2D eigenvalue weighted by molar-refractivity contribution is 0.0963. The lowest BCUT2D eigenvalue weighted by Crippen LogP contribution is -2.22. The van der Waals surface area contributed by atoms with E-state index < -0.39 is 0 Å². The van der Waals surface area contributed by atoms with Crippen LogP contribution in [0.3, 0.4) is 0 Å². The van der Waals surface area contributed by atoms with Gasteiger partial charge in [0.15, 0.2) is 0 Å². The van der Waals surface area contributed by atoms with Gasteiger partial charge in [-0.05, 0) is 18.4 Å². The largest absolute Gasteiger partial charge is 0.397 e. The van der Waals surface area contributed by atoms with Gasteiger partial charge in [-0.3, -0.25) is 4.79 Å². The van der Waals surface area contributed by atoms with Crippen LogP contribution < -0.4 is 11.1 Å². The molecule has 0 unspecified atom stereocenters. The van der Waals surface area contributed by atoms with Crippen molar-refractivity contribution < 1.29 is 4.79 Å². The van der Waals surface area contributed by atoms with Crippen molar-refractivity contribution in [2.45, 2.75) is 26.7 Å². The molecule has 106 valence electrons. The number of carbonyl (C=O) groups excluding carboxylic acids is 1. The van der Waals surface area contributed by atoms with E-state index in [1.165, 1.54) is 11.3 Å². The minimum atomic E-state index is -0.189. The average molecular weight is 290 g/mol. The Labute approximate surface area is 121 Å². The first kappa shape index (κ1) is 14.5. The Kier molecular flexibility index (Phi) is 4.34. The van der Waals surface area contributed by atoms with E-state index in [0.717, 1.165) is 34.3 Å². The third-order valence-electron chi connectivity index (χ3n) is 3.14. The van der Waals surface area contributed by atoms with E-state index in [2.05, 4.69) is 29.0 Å². The normalized spacial score (nSPS) is 10.7. The molecule has 0 atom stereocenters. The average Bonchev–Trinajstić information content (AvgIpc) is 2.81. The highest BCUT2D eigenvalue weighted by atomic mass is 32.1. The zero-order valence-corrected chi connectivity index (χ0v) is 12.5. The molecule has 0 saturated heterocycles. The maximum absolute atomic E-state index is 12.1. The SMILES string of the molecule is C=CCNC(=O)c1sc2nnc(CC)c(CC)c2c1N. The quantitative estimate of drug-likeness (QED) is 0.828. The van der Waals surface area contributed by atoms with Crippen molar-refractivity contribution in [3.8, 4) is 0 Å². The fourth-order valence-corrected chi connectivity index (χ4v) is 3.17. The first-order valence-corrected chi connectivity index (χ1v) is 7.41. The molecule has 2 aromatic rings. The van der Waals surface area contributed by atoms with E-state index in [1.54, 1.807) is 6.08 Å². The second-order valence-corrected chi connectivity index (χ2v) is 5.36. The first-order chi connectivity index (χ1) is 9.63. The van der Waals surface area contributed by atoms with Crippen molar-refractivity contribution in [1.29, 1.82) is 0 Å². The molecule has 0 aliphatic rings. The number of rotatable bonds is 5. The Bertz CT molecular complexity index is 663. The van der Waals surface area contributed by atoms with Gasteiger partial charge >= 0.3 is 0 Å². The fourth-order valence-electron chi connectivity index (χ4n) is 2.18. The van der Waals surface area contributed by atoms with Crippen LogP contribution in [0, 0.1) is 0 Å². The first-order valence-electron chi connectivity index (χ1n) is 6.59. The fraction of sp³-hybridized carbons (Fsp3) is 0.357. The third kappa shape index (κ3) is 2.38. The van der Waals surface area contributed by atoms with Gasteiger partial charge < -0.3 is 11.1 Å². The molecule has 0 bridgehead atoms. The van der Waals surface area contributed by atoms with Crippen molar-refractivity contribution in [3.05, 3.63) is 28.8 Å². The second-order valence-electron chi connectivity index (χ2n) is 4.36. The van der Waals surface area contributed by atoms with Crippen molar-refractivity contribution in [2.75, 3.05) is 12.3 Å². The summed E-state index contributed by atoms with van der Waals surface area (Å²) in [5.74, 6) is -0.189. The summed E-state index contributed by atoms with van der Waals surface area (Å²) in [6, 6.07) is 0. The van der Waals surface area contributed by atoms with E-state index in [9.17, 15) is 4.79 Å². The van der Waals surface area contributed by atoms with Crippen LogP contribution in [0.15, 0.2) is 12.7 Å². The van der Waals surface area contributed by atoms with Crippen LogP contribution in [-0.2, 0) is 12.8 Å².